The molecule has 1 heterocycles. The molecule has 0 spiro atoms. The SMILES string of the molecule is O=C(CNC(=O)c1ccc(Br)o1)Nc1cccc2c1CCCC2. The van der Waals surface area contributed by atoms with Crippen LogP contribution in [-0.2, 0) is 17.6 Å². The van der Waals surface area contributed by atoms with Crippen LogP contribution < -0.4 is 10.6 Å². The van der Waals surface area contributed by atoms with Crippen LogP contribution in [0.25, 0.3) is 0 Å². The van der Waals surface area contributed by atoms with E-state index in [1.807, 2.05) is 12.1 Å². The third-order valence-electron chi connectivity index (χ3n) is 3.88. The zero-order chi connectivity index (χ0) is 16.2. The van der Waals surface area contributed by atoms with Gasteiger partial charge in [-0.1, -0.05) is 12.1 Å². The molecule has 0 atom stereocenters. The van der Waals surface area contributed by atoms with Crippen molar-refractivity contribution in [1.82, 2.24) is 5.32 Å². The maximum Gasteiger partial charge on any atom is 0.287 e. The highest BCUT2D eigenvalue weighted by Crippen LogP contribution is 2.27. The normalized spacial score (nSPS) is 13.3. The Bertz CT molecular complexity index is 739. The van der Waals surface area contributed by atoms with Crippen molar-refractivity contribution < 1.29 is 14.0 Å². The van der Waals surface area contributed by atoms with Crippen molar-refractivity contribution in [2.45, 2.75) is 25.7 Å². The van der Waals surface area contributed by atoms with Crippen LogP contribution in [0.2, 0.25) is 0 Å². The summed E-state index contributed by atoms with van der Waals surface area (Å²) in [6.07, 6.45) is 4.38. The van der Waals surface area contributed by atoms with Gasteiger partial charge in [-0.3, -0.25) is 9.59 Å². The van der Waals surface area contributed by atoms with Crippen LogP contribution in [0.5, 0.6) is 0 Å². The van der Waals surface area contributed by atoms with Crippen molar-refractivity contribution >= 4 is 33.4 Å². The monoisotopic (exact) mass is 376 g/mol. The lowest BCUT2D eigenvalue weighted by molar-refractivity contribution is -0.115. The van der Waals surface area contributed by atoms with E-state index < -0.39 is 5.91 Å². The van der Waals surface area contributed by atoms with E-state index in [9.17, 15) is 9.59 Å². The summed E-state index contributed by atoms with van der Waals surface area (Å²) in [5, 5.41) is 5.44. The predicted molar refractivity (Wildman–Crippen MR) is 90.5 cm³/mol. The molecule has 6 heteroatoms. The number of carbonyl (C=O) groups excluding carboxylic acids is 2. The second kappa shape index (κ2) is 7.00. The van der Waals surface area contributed by atoms with Gasteiger partial charge >= 0.3 is 0 Å². The number of nitrogens with one attached hydrogen (secondary N) is 2. The average molecular weight is 377 g/mol. The standard InChI is InChI=1S/C17H17BrN2O3/c18-15-9-8-14(23-15)17(22)19-10-16(21)20-13-7-3-5-11-4-1-2-6-12(11)13/h3,5,7-9H,1-2,4,6,10H2,(H,19,22)(H,20,21). The Labute approximate surface area is 142 Å². The van der Waals surface area contributed by atoms with Crippen LogP contribution in [0, 0.1) is 0 Å². The van der Waals surface area contributed by atoms with Crippen molar-refractivity contribution in [3.05, 3.63) is 51.9 Å². The predicted octanol–water partition coefficient (Wildman–Crippen LogP) is 3.29. The molecule has 120 valence electrons. The van der Waals surface area contributed by atoms with Gasteiger partial charge in [-0.15, -0.1) is 0 Å². The maximum absolute atomic E-state index is 12.1. The van der Waals surface area contributed by atoms with Crippen LogP contribution >= 0.6 is 15.9 Å². The highest BCUT2D eigenvalue weighted by molar-refractivity contribution is 9.10. The second-order valence-electron chi connectivity index (χ2n) is 5.48. The number of carbonyl (C=O) groups is 2. The van der Waals surface area contributed by atoms with Gasteiger partial charge in [0.15, 0.2) is 10.4 Å². The van der Waals surface area contributed by atoms with E-state index in [4.69, 9.17) is 4.42 Å². The van der Waals surface area contributed by atoms with Gasteiger partial charge in [-0.2, -0.15) is 0 Å². The number of furan rings is 1. The molecular weight excluding hydrogens is 360 g/mol. The maximum atomic E-state index is 12.1. The van der Waals surface area contributed by atoms with Crippen molar-refractivity contribution in [3.8, 4) is 0 Å². The Balaban J connectivity index is 1.59. The fourth-order valence-electron chi connectivity index (χ4n) is 2.78. The molecule has 1 aromatic heterocycles. The molecule has 1 aliphatic rings. The Morgan fingerprint density at radius 3 is 2.74 bits per heavy atom. The fourth-order valence-corrected chi connectivity index (χ4v) is 3.08. The number of aryl methyl sites for hydroxylation is 1. The highest BCUT2D eigenvalue weighted by Gasteiger charge is 2.15. The molecular formula is C17H17BrN2O3. The lowest BCUT2D eigenvalue weighted by Crippen LogP contribution is -2.33. The number of hydrogen-bond donors (Lipinski definition) is 2. The Morgan fingerprint density at radius 2 is 1.96 bits per heavy atom. The molecule has 1 aromatic carbocycles. The zero-order valence-electron chi connectivity index (χ0n) is 12.5. The third-order valence-corrected chi connectivity index (χ3v) is 4.30. The van der Waals surface area contributed by atoms with E-state index in [0.29, 0.717) is 4.67 Å². The van der Waals surface area contributed by atoms with E-state index in [0.717, 1.165) is 24.9 Å². The van der Waals surface area contributed by atoms with Crippen LogP contribution in [-0.4, -0.2) is 18.4 Å². The third kappa shape index (κ3) is 3.82. The first-order valence-electron chi connectivity index (χ1n) is 7.57. The molecule has 0 unspecified atom stereocenters. The summed E-state index contributed by atoms with van der Waals surface area (Å²) < 4.78 is 5.62. The smallest absolute Gasteiger partial charge is 0.287 e. The van der Waals surface area contributed by atoms with E-state index in [1.54, 1.807) is 12.1 Å². The van der Waals surface area contributed by atoms with E-state index in [-0.39, 0.29) is 18.2 Å². The number of amides is 2. The quantitative estimate of drug-likeness (QED) is 0.859. The molecule has 2 amide bonds. The van der Waals surface area contributed by atoms with Gasteiger partial charge in [0.25, 0.3) is 5.91 Å². The first kappa shape index (κ1) is 15.8. The van der Waals surface area contributed by atoms with Crippen molar-refractivity contribution in [2.24, 2.45) is 0 Å². The minimum atomic E-state index is -0.416. The first-order chi connectivity index (χ1) is 11.1. The number of benzene rings is 1. The summed E-state index contributed by atoms with van der Waals surface area (Å²) >= 11 is 3.13. The first-order valence-corrected chi connectivity index (χ1v) is 8.37. The molecule has 0 saturated carbocycles. The molecule has 0 aliphatic heterocycles. The lowest BCUT2D eigenvalue weighted by atomic mass is 9.90. The molecule has 23 heavy (non-hydrogen) atoms. The minimum absolute atomic E-state index is 0.0964. The number of hydrogen-bond acceptors (Lipinski definition) is 3. The van der Waals surface area contributed by atoms with Gasteiger partial charge in [0, 0.05) is 5.69 Å². The number of rotatable bonds is 4. The Kier molecular flexibility index (Phi) is 4.81. The van der Waals surface area contributed by atoms with E-state index in [1.165, 1.54) is 17.5 Å². The van der Waals surface area contributed by atoms with Crippen molar-refractivity contribution in [2.75, 3.05) is 11.9 Å². The highest BCUT2D eigenvalue weighted by atomic mass is 79.9. The van der Waals surface area contributed by atoms with Crippen molar-refractivity contribution in [3.63, 3.8) is 0 Å². The number of halogens is 1. The fraction of sp³-hybridized carbons (Fsp3) is 0.294. The van der Waals surface area contributed by atoms with Gasteiger partial charge in [-0.05, 0) is 70.9 Å². The Hall–Kier alpha value is -2.08. The molecule has 5 nitrogen and oxygen atoms in total. The number of fused-ring (bicyclic) bond motifs is 1. The molecule has 0 saturated heterocycles. The Morgan fingerprint density at radius 1 is 1.13 bits per heavy atom. The van der Waals surface area contributed by atoms with Gasteiger partial charge in [0.2, 0.25) is 5.91 Å². The molecule has 0 fully saturated rings. The van der Waals surface area contributed by atoms with Crippen molar-refractivity contribution in [1.29, 1.82) is 0 Å². The summed E-state index contributed by atoms with van der Waals surface area (Å²) in [6.45, 7) is -0.0964. The van der Waals surface area contributed by atoms with Gasteiger partial charge in [0.1, 0.15) is 0 Å². The lowest BCUT2D eigenvalue weighted by Gasteiger charge is -2.19. The molecule has 1 aliphatic carbocycles. The van der Waals surface area contributed by atoms with Crippen LogP contribution in [0.1, 0.15) is 34.5 Å². The number of anilines is 1. The summed E-state index contributed by atoms with van der Waals surface area (Å²) in [4.78, 5) is 23.9. The largest absolute Gasteiger partial charge is 0.444 e. The van der Waals surface area contributed by atoms with Crippen LogP contribution in [0.4, 0.5) is 5.69 Å². The molecule has 3 rings (SSSR count). The molecule has 0 radical (unpaired) electrons. The van der Waals surface area contributed by atoms with Gasteiger partial charge < -0.3 is 15.1 Å². The average Bonchev–Trinajstić information content (AvgIpc) is 2.99. The van der Waals surface area contributed by atoms with Gasteiger partial charge in [0.05, 0.1) is 6.54 Å². The van der Waals surface area contributed by atoms with E-state index in [2.05, 4.69) is 32.6 Å². The summed E-state index contributed by atoms with van der Waals surface area (Å²) in [5.41, 5.74) is 3.37. The van der Waals surface area contributed by atoms with Crippen LogP contribution in [0.15, 0.2) is 39.4 Å². The molecule has 0 bridgehead atoms. The summed E-state index contributed by atoms with van der Waals surface area (Å²) in [5.74, 6) is -0.495. The summed E-state index contributed by atoms with van der Waals surface area (Å²) in [6, 6.07) is 9.16. The van der Waals surface area contributed by atoms with Gasteiger partial charge in [-0.25, -0.2) is 0 Å². The topological polar surface area (TPSA) is 71.3 Å². The summed E-state index contributed by atoms with van der Waals surface area (Å²) in [7, 11) is 0. The van der Waals surface area contributed by atoms with E-state index >= 15 is 0 Å². The second-order valence-corrected chi connectivity index (χ2v) is 6.27. The minimum Gasteiger partial charge on any atom is -0.444 e. The van der Waals surface area contributed by atoms with Crippen LogP contribution in [0.3, 0.4) is 0 Å². The molecule has 2 N–H and O–H groups in total. The molecule has 2 aromatic rings. The zero-order valence-corrected chi connectivity index (χ0v) is 14.1.